The molecule has 0 aliphatic carbocycles. The van der Waals surface area contributed by atoms with Crippen LogP contribution in [0.15, 0.2) is 46.9 Å². The monoisotopic (exact) mass is 396 g/mol. The number of nitroso groups, excluding NO2 is 1. The van der Waals surface area contributed by atoms with Gasteiger partial charge < -0.3 is 9.72 Å². The van der Waals surface area contributed by atoms with Crippen LogP contribution in [0.2, 0.25) is 0 Å². The Morgan fingerprint density at radius 1 is 1.21 bits per heavy atom. The van der Waals surface area contributed by atoms with Crippen LogP contribution >= 0.6 is 11.8 Å². The number of aliphatic imine (C=N–C) groups is 1. The van der Waals surface area contributed by atoms with Crippen LogP contribution < -0.4 is 0 Å². The van der Waals surface area contributed by atoms with E-state index < -0.39 is 6.17 Å². The number of morpholine rings is 1. The summed E-state index contributed by atoms with van der Waals surface area (Å²) in [6.45, 7) is 2.64. The minimum Gasteiger partial charge on any atom is -0.379 e. The predicted molar refractivity (Wildman–Crippen MR) is 105 cm³/mol. The van der Waals surface area contributed by atoms with Gasteiger partial charge in [0.2, 0.25) is 0 Å². The van der Waals surface area contributed by atoms with Gasteiger partial charge in [-0.1, -0.05) is 23.9 Å². The van der Waals surface area contributed by atoms with Crippen LogP contribution in [-0.2, 0) is 4.74 Å². The van der Waals surface area contributed by atoms with Crippen molar-refractivity contribution < 1.29 is 9.50 Å². The molecule has 0 radical (unpaired) electrons. The molecule has 1 saturated heterocycles. The molecule has 3 aromatic rings. The van der Waals surface area contributed by atoms with E-state index in [2.05, 4.69) is 24.8 Å². The third-order valence-electron chi connectivity index (χ3n) is 4.84. The molecule has 0 saturated carbocycles. The fourth-order valence-electron chi connectivity index (χ4n) is 3.51. The van der Waals surface area contributed by atoms with E-state index in [-0.39, 0.29) is 0 Å². The molecule has 1 aromatic carbocycles. The van der Waals surface area contributed by atoms with Crippen molar-refractivity contribution in [1.82, 2.24) is 24.8 Å². The average molecular weight is 396 g/mol. The van der Waals surface area contributed by atoms with Crippen molar-refractivity contribution >= 4 is 40.0 Å². The zero-order chi connectivity index (χ0) is 18.9. The normalized spacial score (nSPS) is 20.2. The van der Waals surface area contributed by atoms with Gasteiger partial charge in [0, 0.05) is 29.8 Å². The number of para-hydroxylation sites is 2. The number of fused-ring (bicyclic) bond motifs is 2. The van der Waals surface area contributed by atoms with Gasteiger partial charge in [0.05, 0.1) is 24.3 Å². The van der Waals surface area contributed by atoms with Crippen LogP contribution in [0.4, 0.5) is 11.4 Å². The van der Waals surface area contributed by atoms with Crippen molar-refractivity contribution in [3.05, 3.63) is 41.8 Å². The molecule has 2 aliphatic rings. The summed E-state index contributed by atoms with van der Waals surface area (Å²) in [5.74, 6) is 0.542. The van der Waals surface area contributed by atoms with E-state index >= 15 is 0 Å². The van der Waals surface area contributed by atoms with Crippen molar-refractivity contribution in [2.75, 3.05) is 32.1 Å². The molecule has 142 valence electrons. The van der Waals surface area contributed by atoms with Gasteiger partial charge in [-0.2, -0.15) is 0 Å². The number of imidazole rings is 1. The van der Waals surface area contributed by atoms with Gasteiger partial charge in [-0.15, -0.1) is 0 Å². The first kappa shape index (κ1) is 17.4. The minimum atomic E-state index is -0.439. The molecule has 4 heterocycles. The first-order chi connectivity index (χ1) is 13.8. The molecule has 28 heavy (non-hydrogen) atoms. The van der Waals surface area contributed by atoms with E-state index in [1.54, 1.807) is 6.33 Å². The summed E-state index contributed by atoms with van der Waals surface area (Å²) in [5.41, 5.74) is 3.54. The van der Waals surface area contributed by atoms with Gasteiger partial charge in [0.25, 0.3) is 5.69 Å². The molecule has 0 bridgehead atoms. The van der Waals surface area contributed by atoms with Crippen molar-refractivity contribution in [2.45, 2.75) is 11.2 Å². The SMILES string of the molecule is O=[N+]1c2ccccc2N=C(CSc2ncnc3nc[nH]c23)C1N1CCOCC1. The molecule has 1 atom stereocenters. The Bertz CT molecular complexity index is 1060. The van der Waals surface area contributed by atoms with Crippen molar-refractivity contribution in [1.29, 1.82) is 0 Å². The molecule has 0 spiro atoms. The maximum Gasteiger partial charge on any atom is 0.303 e. The molecule has 10 heteroatoms. The fourth-order valence-corrected chi connectivity index (χ4v) is 4.42. The van der Waals surface area contributed by atoms with Gasteiger partial charge >= 0.3 is 6.17 Å². The Kier molecular flexibility index (Phi) is 4.59. The predicted octanol–water partition coefficient (Wildman–Crippen LogP) is 2.30. The summed E-state index contributed by atoms with van der Waals surface area (Å²) in [4.78, 5) is 36.0. The van der Waals surface area contributed by atoms with E-state index in [0.717, 1.165) is 21.0 Å². The third kappa shape index (κ3) is 3.09. The topological polar surface area (TPSA) is 99.4 Å². The van der Waals surface area contributed by atoms with Crippen molar-refractivity contribution in [3.63, 3.8) is 0 Å². The first-order valence-corrected chi connectivity index (χ1v) is 10.0. The maximum absolute atomic E-state index is 13.2. The Morgan fingerprint density at radius 2 is 2.07 bits per heavy atom. The van der Waals surface area contributed by atoms with E-state index in [1.165, 1.54) is 18.1 Å². The molecule has 1 N–H and O–H groups in total. The van der Waals surface area contributed by atoms with Crippen LogP contribution in [0, 0.1) is 4.91 Å². The number of benzene rings is 1. The lowest BCUT2D eigenvalue weighted by Crippen LogP contribution is -2.53. The van der Waals surface area contributed by atoms with E-state index in [0.29, 0.717) is 49.1 Å². The highest BCUT2D eigenvalue weighted by atomic mass is 32.2. The Balaban J connectivity index is 1.48. The molecular formula is C18H18N7O2S+. The number of aromatic amines is 1. The Morgan fingerprint density at radius 3 is 2.96 bits per heavy atom. The van der Waals surface area contributed by atoms with E-state index in [1.807, 2.05) is 24.3 Å². The van der Waals surface area contributed by atoms with E-state index in [4.69, 9.17) is 9.73 Å². The molecule has 2 aromatic heterocycles. The van der Waals surface area contributed by atoms with Crippen LogP contribution in [0.3, 0.4) is 0 Å². The lowest BCUT2D eigenvalue weighted by Gasteiger charge is -2.30. The molecule has 1 unspecified atom stereocenters. The molecule has 2 aliphatic heterocycles. The number of nitrogens with zero attached hydrogens (tertiary/aromatic N) is 6. The summed E-state index contributed by atoms with van der Waals surface area (Å²) in [6, 6.07) is 7.46. The zero-order valence-electron chi connectivity index (χ0n) is 15.0. The van der Waals surface area contributed by atoms with Gasteiger partial charge in [-0.05, 0) is 6.07 Å². The second kappa shape index (κ2) is 7.38. The standard InChI is InChI=1S/C18H18N7O2S/c26-25-14-4-2-1-3-12(14)23-13(18(25)24-5-7-27-8-6-24)9-28-17-15-16(20-10-19-15)21-11-22-17/h1-4,10-11,18H,5-9H2,(H,19,20,21,22)/q+1. The zero-order valence-corrected chi connectivity index (χ0v) is 15.8. The molecular weight excluding hydrogens is 378 g/mol. The number of hydrogen-bond acceptors (Lipinski definition) is 8. The lowest BCUT2D eigenvalue weighted by molar-refractivity contribution is -0.516. The second-order valence-electron chi connectivity index (χ2n) is 6.51. The maximum atomic E-state index is 13.2. The van der Waals surface area contributed by atoms with Crippen LogP contribution in [0.5, 0.6) is 0 Å². The summed E-state index contributed by atoms with van der Waals surface area (Å²) in [6.07, 6.45) is 2.67. The molecule has 0 amide bonds. The number of ether oxygens (including phenoxy) is 1. The summed E-state index contributed by atoms with van der Waals surface area (Å²) in [7, 11) is 0. The minimum absolute atomic E-state index is 0.439. The number of nitrogens with one attached hydrogen (secondary N) is 1. The smallest absolute Gasteiger partial charge is 0.303 e. The van der Waals surface area contributed by atoms with Crippen LogP contribution in [0.25, 0.3) is 11.2 Å². The molecule has 1 fully saturated rings. The largest absolute Gasteiger partial charge is 0.379 e. The van der Waals surface area contributed by atoms with Crippen LogP contribution in [0.1, 0.15) is 0 Å². The number of rotatable bonds is 4. The van der Waals surface area contributed by atoms with Crippen molar-refractivity contribution in [3.8, 4) is 0 Å². The van der Waals surface area contributed by atoms with Gasteiger partial charge in [0.15, 0.2) is 5.65 Å². The second-order valence-corrected chi connectivity index (χ2v) is 7.47. The van der Waals surface area contributed by atoms with Gasteiger partial charge in [0.1, 0.15) is 28.3 Å². The van der Waals surface area contributed by atoms with Crippen molar-refractivity contribution in [2.24, 2.45) is 4.99 Å². The summed E-state index contributed by atoms with van der Waals surface area (Å²) >= 11 is 1.53. The number of hydrogen-bond donors (Lipinski definition) is 1. The number of H-pyrrole nitrogens is 1. The molecule has 9 nitrogen and oxygen atoms in total. The quantitative estimate of drug-likeness (QED) is 0.410. The average Bonchev–Trinajstić information content (AvgIpc) is 3.22. The van der Waals surface area contributed by atoms with Gasteiger partial charge in [-0.25, -0.2) is 24.8 Å². The Labute approximate surface area is 164 Å². The summed E-state index contributed by atoms with van der Waals surface area (Å²) in [5, 5.41) is 0.794. The highest BCUT2D eigenvalue weighted by molar-refractivity contribution is 8.00. The Hall–Kier alpha value is -2.69. The van der Waals surface area contributed by atoms with E-state index in [9.17, 15) is 4.91 Å². The lowest BCUT2D eigenvalue weighted by atomic mass is 10.1. The highest BCUT2D eigenvalue weighted by Gasteiger charge is 2.43. The third-order valence-corrected chi connectivity index (χ3v) is 5.86. The van der Waals surface area contributed by atoms with Gasteiger partial charge in [-0.3, -0.25) is 0 Å². The summed E-state index contributed by atoms with van der Waals surface area (Å²) < 4.78 is 6.54. The first-order valence-electron chi connectivity index (χ1n) is 9.03. The number of aromatic nitrogens is 4. The molecule has 5 rings (SSSR count). The highest BCUT2D eigenvalue weighted by Crippen LogP contribution is 2.35. The van der Waals surface area contributed by atoms with Crippen LogP contribution in [-0.4, -0.2) is 73.5 Å². The fraction of sp³-hybridized carbons (Fsp3) is 0.333. The number of thioether (sulfide) groups is 1.